The van der Waals surface area contributed by atoms with Crippen LogP contribution in [-0.4, -0.2) is 46.0 Å². The van der Waals surface area contributed by atoms with Crippen molar-refractivity contribution >= 4 is 68.9 Å². The Morgan fingerprint density at radius 1 is 1.45 bits per heavy atom. The summed E-state index contributed by atoms with van der Waals surface area (Å²) < 4.78 is 0.0468. The summed E-state index contributed by atoms with van der Waals surface area (Å²) in [6.07, 6.45) is 0. The van der Waals surface area contributed by atoms with Crippen LogP contribution in [0.3, 0.4) is 0 Å². The van der Waals surface area contributed by atoms with Gasteiger partial charge >= 0.3 is 5.97 Å². The lowest BCUT2D eigenvalue weighted by Gasteiger charge is -1.99. The maximum atomic E-state index is 11.1. The zero-order chi connectivity index (χ0) is 15.1. The summed E-state index contributed by atoms with van der Waals surface area (Å²) in [5.41, 5.74) is -0.591. The van der Waals surface area contributed by atoms with Crippen LogP contribution in [0.4, 0.5) is 5.13 Å². The second-order valence-electron chi connectivity index (χ2n) is 3.09. The molecular formula is C9H8Cl3N3O4S. The highest BCUT2D eigenvalue weighted by atomic mass is 35.5. The summed E-state index contributed by atoms with van der Waals surface area (Å²) in [7, 11) is 0. The summed E-state index contributed by atoms with van der Waals surface area (Å²) in [6, 6.07) is 0. The van der Waals surface area contributed by atoms with Gasteiger partial charge in [-0.3, -0.25) is 4.79 Å². The monoisotopic (exact) mass is 359 g/mol. The highest BCUT2D eigenvalue weighted by Crippen LogP contribution is 2.28. The number of hydrogen-bond acceptors (Lipinski definition) is 6. The van der Waals surface area contributed by atoms with E-state index in [0.29, 0.717) is 0 Å². The molecule has 11 heteroatoms. The Bertz CT molecular complexity index is 535. The Labute approximate surface area is 132 Å². The molecule has 0 saturated heterocycles. The van der Waals surface area contributed by atoms with E-state index in [-0.39, 0.29) is 33.5 Å². The van der Waals surface area contributed by atoms with E-state index in [1.54, 1.807) is 0 Å². The van der Waals surface area contributed by atoms with Crippen molar-refractivity contribution in [1.82, 2.24) is 4.98 Å². The summed E-state index contributed by atoms with van der Waals surface area (Å²) in [5, 5.41) is 14.9. The second kappa shape index (κ2) is 8.25. The molecule has 20 heavy (non-hydrogen) atoms. The lowest BCUT2D eigenvalue weighted by Crippen LogP contribution is -2.17. The van der Waals surface area contributed by atoms with Gasteiger partial charge < -0.3 is 15.3 Å². The summed E-state index contributed by atoms with van der Waals surface area (Å²) in [4.78, 5) is 30.8. The number of carbonyl (C=O) groups is 2. The first-order valence-electron chi connectivity index (χ1n) is 5.01. The lowest BCUT2D eigenvalue weighted by atomic mass is 10.3. The fourth-order valence-corrected chi connectivity index (χ4v) is 2.18. The zero-order valence-corrected chi connectivity index (χ0v) is 12.8. The van der Waals surface area contributed by atoms with Gasteiger partial charge in [0.1, 0.15) is 22.5 Å². The predicted molar refractivity (Wildman–Crippen MR) is 77.3 cm³/mol. The number of alkyl halides is 2. The number of oxime groups is 1. The van der Waals surface area contributed by atoms with E-state index in [1.807, 2.05) is 0 Å². The highest BCUT2D eigenvalue weighted by molar-refractivity contribution is 7.20. The largest absolute Gasteiger partial charge is 0.476 e. The highest BCUT2D eigenvalue weighted by Gasteiger charge is 2.22. The number of amides is 1. The van der Waals surface area contributed by atoms with Crippen LogP contribution >= 0.6 is 46.1 Å². The molecule has 0 radical (unpaired) electrons. The normalized spacial score (nSPS) is 11.2. The molecule has 0 aliphatic carbocycles. The number of halogens is 3. The van der Waals surface area contributed by atoms with Gasteiger partial charge in [0.05, 0.1) is 5.88 Å². The molecule has 1 heterocycles. The van der Waals surface area contributed by atoms with Gasteiger partial charge in [-0.1, -0.05) is 28.1 Å². The fraction of sp³-hybridized carbons (Fsp3) is 0.333. The summed E-state index contributed by atoms with van der Waals surface area (Å²) >= 11 is 17.5. The Morgan fingerprint density at radius 2 is 2.15 bits per heavy atom. The van der Waals surface area contributed by atoms with Crippen LogP contribution < -0.4 is 5.32 Å². The predicted octanol–water partition coefficient (Wildman–Crippen LogP) is 2.02. The quantitative estimate of drug-likeness (QED) is 0.335. The number of aromatic nitrogens is 1. The van der Waals surface area contributed by atoms with Crippen LogP contribution in [0.15, 0.2) is 5.16 Å². The smallest absolute Gasteiger partial charge is 0.360 e. The van der Waals surface area contributed by atoms with Crippen LogP contribution in [0.2, 0.25) is 4.34 Å². The van der Waals surface area contributed by atoms with E-state index >= 15 is 0 Å². The molecule has 1 aromatic heterocycles. The van der Waals surface area contributed by atoms with Crippen LogP contribution in [0.5, 0.6) is 0 Å². The number of carbonyl (C=O) groups excluding carboxylic acids is 1. The maximum Gasteiger partial charge on any atom is 0.360 e. The standard InChI is InChI=1S/C9H8Cl3N3O4S/c10-1-2-19-15-6(8(17)18)5-7(12)20-9(14-5)13-4(16)3-11/h1-3H2,(H,17,18)(H,13,14,16)/b15-6-. The molecule has 1 rings (SSSR count). The number of carboxylic acids is 1. The number of hydrogen-bond donors (Lipinski definition) is 2. The molecule has 1 amide bonds. The molecule has 0 fully saturated rings. The van der Waals surface area contributed by atoms with Crippen molar-refractivity contribution in [2.24, 2.45) is 5.16 Å². The molecule has 0 atom stereocenters. The molecular weight excluding hydrogens is 353 g/mol. The van der Waals surface area contributed by atoms with Crippen LogP contribution in [0.25, 0.3) is 0 Å². The Kier molecular flexibility index (Phi) is 7.00. The average Bonchev–Trinajstić information content (AvgIpc) is 2.74. The minimum Gasteiger partial charge on any atom is -0.476 e. The summed E-state index contributed by atoms with van der Waals surface area (Å²) in [6.45, 7) is 0.0376. The molecule has 0 aliphatic rings. The van der Waals surface area contributed by atoms with Crippen molar-refractivity contribution in [2.75, 3.05) is 23.7 Å². The van der Waals surface area contributed by atoms with E-state index in [1.165, 1.54) is 0 Å². The van der Waals surface area contributed by atoms with Gasteiger partial charge in [0.25, 0.3) is 0 Å². The Hall–Kier alpha value is -1.09. The minimum absolute atomic E-state index is 0.0376. The van der Waals surface area contributed by atoms with Gasteiger partial charge in [-0.25, -0.2) is 9.78 Å². The number of thiazole rings is 1. The molecule has 0 unspecified atom stereocenters. The number of aliphatic carboxylic acids is 1. The number of nitrogens with one attached hydrogen (secondary N) is 1. The van der Waals surface area contributed by atoms with Crippen molar-refractivity contribution in [2.45, 2.75) is 0 Å². The van der Waals surface area contributed by atoms with E-state index in [9.17, 15) is 9.59 Å². The van der Waals surface area contributed by atoms with E-state index < -0.39 is 17.6 Å². The lowest BCUT2D eigenvalue weighted by molar-refractivity contribution is -0.129. The van der Waals surface area contributed by atoms with Gasteiger partial charge in [-0.15, -0.1) is 23.2 Å². The number of carboxylic acid groups (broad SMARTS) is 1. The van der Waals surface area contributed by atoms with Gasteiger partial charge in [-0.05, 0) is 0 Å². The Balaban J connectivity index is 3.00. The fourth-order valence-electron chi connectivity index (χ4n) is 0.982. The van der Waals surface area contributed by atoms with Crippen molar-refractivity contribution < 1.29 is 19.5 Å². The second-order valence-corrected chi connectivity index (χ2v) is 5.34. The van der Waals surface area contributed by atoms with Gasteiger partial charge in [0, 0.05) is 0 Å². The zero-order valence-electron chi connectivity index (χ0n) is 9.73. The third-order valence-electron chi connectivity index (χ3n) is 1.70. The minimum atomic E-state index is -1.37. The first-order chi connectivity index (χ1) is 9.49. The van der Waals surface area contributed by atoms with Crippen molar-refractivity contribution in [1.29, 1.82) is 0 Å². The number of nitrogens with zero attached hydrogens (tertiary/aromatic N) is 2. The van der Waals surface area contributed by atoms with Gasteiger partial charge in [0.2, 0.25) is 11.6 Å². The first-order valence-corrected chi connectivity index (χ1v) is 7.27. The third kappa shape index (κ3) is 4.78. The van der Waals surface area contributed by atoms with Crippen LogP contribution in [0, 0.1) is 0 Å². The maximum absolute atomic E-state index is 11.1. The van der Waals surface area contributed by atoms with E-state index in [2.05, 4.69) is 15.5 Å². The molecule has 0 saturated carbocycles. The Morgan fingerprint density at radius 3 is 2.70 bits per heavy atom. The van der Waals surface area contributed by atoms with E-state index in [4.69, 9.17) is 44.7 Å². The van der Waals surface area contributed by atoms with Gasteiger partial charge in [0.15, 0.2) is 5.13 Å². The molecule has 0 spiro atoms. The van der Waals surface area contributed by atoms with Crippen LogP contribution in [-0.2, 0) is 14.4 Å². The molecule has 0 bridgehead atoms. The van der Waals surface area contributed by atoms with E-state index in [0.717, 1.165) is 11.3 Å². The first kappa shape index (κ1) is 17.0. The van der Waals surface area contributed by atoms with Crippen LogP contribution in [0.1, 0.15) is 5.69 Å². The average molecular weight is 361 g/mol. The number of anilines is 1. The molecule has 110 valence electrons. The van der Waals surface area contributed by atoms with Gasteiger partial charge in [-0.2, -0.15) is 0 Å². The van der Waals surface area contributed by atoms with Crippen molar-refractivity contribution in [3.8, 4) is 0 Å². The molecule has 1 aromatic rings. The van der Waals surface area contributed by atoms with Crippen molar-refractivity contribution in [3.63, 3.8) is 0 Å². The molecule has 7 nitrogen and oxygen atoms in total. The number of rotatable bonds is 7. The molecule has 0 aliphatic heterocycles. The SMILES string of the molecule is O=C(CCl)Nc1nc(/C(=N/OCCCl)C(=O)O)c(Cl)s1. The summed E-state index contributed by atoms with van der Waals surface area (Å²) in [5.74, 6) is -1.97. The molecule has 0 aromatic carbocycles. The van der Waals surface area contributed by atoms with Crippen molar-refractivity contribution in [3.05, 3.63) is 10.0 Å². The molecule has 2 N–H and O–H groups in total. The third-order valence-corrected chi connectivity index (χ3v) is 3.27. The topological polar surface area (TPSA) is 101 Å².